The van der Waals surface area contributed by atoms with Gasteiger partial charge >= 0.3 is 5.97 Å². The van der Waals surface area contributed by atoms with E-state index in [1.54, 1.807) is 0 Å². The molecular formula is C19H27NO8S. The van der Waals surface area contributed by atoms with Crippen molar-refractivity contribution >= 4 is 16.4 Å². The first kappa shape index (κ1) is 22.1. The Labute approximate surface area is 170 Å². The lowest BCUT2D eigenvalue weighted by atomic mass is 9.95. The topological polar surface area (TPSA) is 125 Å². The van der Waals surface area contributed by atoms with Crippen LogP contribution in [0, 0.1) is 0 Å². The molecule has 2 bridgehead atoms. The van der Waals surface area contributed by atoms with E-state index in [1.807, 2.05) is 30.3 Å². The number of piperidine rings is 1. The molecule has 0 radical (unpaired) electrons. The maximum Gasteiger partial charge on any atom is 0.316 e. The maximum atomic E-state index is 12.5. The monoisotopic (exact) mass is 429 g/mol. The van der Waals surface area contributed by atoms with Crippen LogP contribution in [0.15, 0.2) is 30.3 Å². The number of morpholine rings is 1. The van der Waals surface area contributed by atoms with Gasteiger partial charge in [0, 0.05) is 12.8 Å². The van der Waals surface area contributed by atoms with Crippen LogP contribution >= 0.6 is 0 Å². The lowest BCUT2D eigenvalue weighted by Crippen LogP contribution is -2.60. The van der Waals surface area contributed by atoms with Crippen LogP contribution in [-0.4, -0.2) is 86.7 Å². The van der Waals surface area contributed by atoms with E-state index in [-0.39, 0.29) is 18.7 Å². The third-order valence-electron chi connectivity index (χ3n) is 6.19. The molecule has 1 aromatic carbocycles. The highest BCUT2D eigenvalue weighted by Gasteiger charge is 2.70. The molecule has 4 rings (SSSR count). The average Bonchev–Trinajstić information content (AvgIpc) is 3.41. The van der Waals surface area contributed by atoms with Crippen molar-refractivity contribution in [2.75, 3.05) is 27.8 Å². The second-order valence-corrected chi connectivity index (χ2v) is 9.23. The van der Waals surface area contributed by atoms with Crippen LogP contribution < -0.4 is 0 Å². The number of benzene rings is 1. The van der Waals surface area contributed by atoms with Crippen molar-refractivity contribution in [1.82, 2.24) is 0 Å². The maximum absolute atomic E-state index is 12.5. The van der Waals surface area contributed by atoms with Crippen molar-refractivity contribution in [3.8, 4) is 0 Å². The first-order chi connectivity index (χ1) is 13.6. The van der Waals surface area contributed by atoms with Gasteiger partial charge in [-0.1, -0.05) is 30.3 Å². The average molecular weight is 429 g/mol. The van der Waals surface area contributed by atoms with Gasteiger partial charge in [-0.2, -0.15) is 0 Å². The Morgan fingerprint density at radius 2 is 1.76 bits per heavy atom. The summed E-state index contributed by atoms with van der Waals surface area (Å²) in [4.78, 5) is 12.5. The Bertz CT molecular complexity index is 808. The minimum Gasteiger partial charge on any atom is -0.726 e. The zero-order chi connectivity index (χ0) is 21.4. The summed E-state index contributed by atoms with van der Waals surface area (Å²) in [5.41, 5.74) is 0.807. The third kappa shape index (κ3) is 4.79. The standard InChI is InChI=1S/C18H24NO4.CH4O4S/c1-19(2)14-8-12(9-15(19)17-16(14)23-17)22-18(21)13(10-20)11-6-4-3-5-7-11;1-5-6(2,3)4/h3-7,12-17,20H,8-10H2,1-2H3;1H3,(H,2,3,4)/q+1;/p-1/t12?,13-,14-,15+,16?,17?;/m1./s1. The zero-order valence-electron chi connectivity index (χ0n) is 16.6. The van der Waals surface area contributed by atoms with Gasteiger partial charge in [-0.05, 0) is 5.56 Å². The number of carbonyl (C=O) groups excluding carboxylic acids is 1. The molecule has 1 N–H and O–H groups in total. The Balaban J connectivity index is 0.000000353. The van der Waals surface area contributed by atoms with Crippen molar-refractivity contribution in [2.24, 2.45) is 0 Å². The highest BCUT2D eigenvalue weighted by Crippen LogP contribution is 2.51. The summed E-state index contributed by atoms with van der Waals surface area (Å²) in [5.74, 6) is -0.908. The van der Waals surface area contributed by atoms with Crippen LogP contribution in [0.5, 0.6) is 0 Å². The van der Waals surface area contributed by atoms with Gasteiger partial charge in [0.2, 0.25) is 10.4 Å². The number of aliphatic hydroxyl groups is 1. The number of hydrogen-bond acceptors (Lipinski definition) is 8. The van der Waals surface area contributed by atoms with Crippen LogP contribution in [0.1, 0.15) is 24.3 Å². The smallest absolute Gasteiger partial charge is 0.316 e. The number of esters is 1. The lowest BCUT2D eigenvalue weighted by Gasteiger charge is -2.45. The SMILES string of the molecule is COS(=O)(=O)[O-].C[N+]1(C)[C@@H]2CC(OC(=O)[C@H](CO)c3ccccc3)C[C@H]1C1OC12. The summed E-state index contributed by atoms with van der Waals surface area (Å²) in [6.07, 6.45) is 2.34. The first-order valence-corrected chi connectivity index (χ1v) is 10.8. The molecule has 29 heavy (non-hydrogen) atoms. The molecule has 0 amide bonds. The molecule has 0 aliphatic carbocycles. The molecule has 3 fully saturated rings. The van der Waals surface area contributed by atoms with Crippen molar-refractivity contribution in [1.29, 1.82) is 0 Å². The normalized spacial score (nSPS) is 32.4. The molecule has 0 saturated carbocycles. The summed E-state index contributed by atoms with van der Waals surface area (Å²) in [5, 5.41) is 9.60. The van der Waals surface area contributed by atoms with E-state index in [0.717, 1.165) is 30.0 Å². The molecule has 0 spiro atoms. The Hall–Kier alpha value is -1.56. The van der Waals surface area contributed by atoms with Gasteiger partial charge in [0.15, 0.2) is 0 Å². The minimum absolute atomic E-state index is 0.0576. The second-order valence-electron chi connectivity index (χ2n) is 8.08. The number of carbonyl (C=O) groups is 1. The van der Waals surface area contributed by atoms with E-state index < -0.39 is 16.3 Å². The Morgan fingerprint density at radius 3 is 2.21 bits per heavy atom. The minimum atomic E-state index is -4.41. The number of rotatable bonds is 5. The fourth-order valence-corrected chi connectivity index (χ4v) is 4.55. The van der Waals surface area contributed by atoms with Crippen LogP contribution in [0.4, 0.5) is 0 Å². The summed E-state index contributed by atoms with van der Waals surface area (Å²) in [7, 11) is 0.903. The number of ether oxygens (including phenoxy) is 2. The van der Waals surface area contributed by atoms with Gasteiger partial charge < -0.3 is 23.6 Å². The number of aliphatic hydroxyl groups excluding tert-OH is 1. The van der Waals surface area contributed by atoms with Gasteiger partial charge in [-0.3, -0.25) is 8.98 Å². The molecule has 3 aliphatic rings. The summed E-state index contributed by atoms with van der Waals surface area (Å²) < 4.78 is 43.5. The molecule has 162 valence electrons. The van der Waals surface area contributed by atoms with Crippen molar-refractivity contribution < 1.29 is 41.0 Å². The molecule has 1 aromatic rings. The summed E-state index contributed by atoms with van der Waals surface area (Å²) in [6, 6.07) is 10.2. The van der Waals surface area contributed by atoms with Gasteiger partial charge in [0.05, 0.1) is 27.8 Å². The first-order valence-electron chi connectivity index (χ1n) is 9.45. The second kappa shape index (κ2) is 8.29. The fourth-order valence-electron chi connectivity index (χ4n) is 4.55. The molecule has 6 atom stereocenters. The zero-order valence-corrected chi connectivity index (χ0v) is 17.4. The van der Waals surface area contributed by atoms with E-state index >= 15 is 0 Å². The number of fused-ring (bicyclic) bond motifs is 5. The molecule has 0 aromatic heterocycles. The predicted molar refractivity (Wildman–Crippen MR) is 100 cm³/mol. The molecule has 3 heterocycles. The quantitative estimate of drug-likeness (QED) is 0.231. The van der Waals surface area contributed by atoms with Gasteiger partial charge in [-0.15, -0.1) is 0 Å². The molecular weight excluding hydrogens is 402 g/mol. The van der Waals surface area contributed by atoms with Crippen molar-refractivity contribution in [2.45, 2.75) is 49.2 Å². The Morgan fingerprint density at radius 1 is 1.24 bits per heavy atom. The van der Waals surface area contributed by atoms with Crippen molar-refractivity contribution in [3.05, 3.63) is 35.9 Å². The third-order valence-corrected chi connectivity index (χ3v) is 6.60. The number of epoxide rings is 1. The van der Waals surface area contributed by atoms with Gasteiger partial charge in [0.1, 0.15) is 36.3 Å². The van der Waals surface area contributed by atoms with Gasteiger partial charge in [-0.25, -0.2) is 8.42 Å². The van der Waals surface area contributed by atoms with Gasteiger partial charge in [0.25, 0.3) is 0 Å². The molecule has 3 saturated heterocycles. The number of hydrogen-bond donors (Lipinski definition) is 1. The van der Waals surface area contributed by atoms with Crippen LogP contribution in [-0.2, 0) is 28.9 Å². The van der Waals surface area contributed by atoms with E-state index in [2.05, 4.69) is 18.3 Å². The molecule has 10 heteroatoms. The number of quaternary nitrogens is 1. The van der Waals surface area contributed by atoms with Crippen LogP contribution in [0.2, 0.25) is 0 Å². The fraction of sp³-hybridized carbons (Fsp3) is 0.632. The van der Waals surface area contributed by atoms with E-state index in [1.165, 1.54) is 0 Å². The summed E-state index contributed by atoms with van der Waals surface area (Å²) >= 11 is 0. The number of nitrogens with zero attached hydrogens (tertiary/aromatic N) is 1. The molecule has 3 unspecified atom stereocenters. The van der Waals surface area contributed by atoms with Crippen LogP contribution in [0.3, 0.4) is 0 Å². The highest BCUT2D eigenvalue weighted by molar-refractivity contribution is 7.80. The largest absolute Gasteiger partial charge is 0.726 e. The molecule has 9 nitrogen and oxygen atoms in total. The highest BCUT2D eigenvalue weighted by atomic mass is 32.3. The lowest BCUT2D eigenvalue weighted by molar-refractivity contribution is -0.938. The summed E-state index contributed by atoms with van der Waals surface area (Å²) in [6.45, 7) is -0.224. The van der Waals surface area contributed by atoms with E-state index in [0.29, 0.717) is 24.3 Å². The molecule has 3 aliphatic heterocycles. The van der Waals surface area contributed by atoms with Crippen molar-refractivity contribution in [3.63, 3.8) is 0 Å². The number of likely N-dealkylation sites (N-methyl/N-ethyl adjacent to an activating group) is 1. The van der Waals surface area contributed by atoms with E-state index in [4.69, 9.17) is 9.47 Å². The van der Waals surface area contributed by atoms with E-state index in [9.17, 15) is 22.9 Å². The predicted octanol–water partition coefficient (Wildman–Crippen LogP) is 0.156. The van der Waals surface area contributed by atoms with Crippen LogP contribution in [0.25, 0.3) is 0 Å². The Kier molecular flexibility index (Phi) is 6.32.